The topological polar surface area (TPSA) is 44.3 Å². The van der Waals surface area contributed by atoms with Gasteiger partial charge in [0.25, 0.3) is 0 Å². The largest absolute Gasteiger partial charge is 0.310 e. The minimum Gasteiger partial charge on any atom is -0.310 e. The highest BCUT2D eigenvalue weighted by Crippen LogP contribution is 2.08. The summed E-state index contributed by atoms with van der Waals surface area (Å²) in [5, 5.41) is 3.47. The average molecular weight is 285 g/mol. The van der Waals surface area contributed by atoms with E-state index in [4.69, 9.17) is 0 Å². The zero-order valence-corrected chi connectivity index (χ0v) is 12.6. The second-order valence-electron chi connectivity index (χ2n) is 5.67. The van der Waals surface area contributed by atoms with Crippen LogP contribution in [0.3, 0.4) is 0 Å². The first-order valence-corrected chi connectivity index (χ1v) is 7.63. The molecule has 1 aromatic heterocycles. The van der Waals surface area contributed by atoms with Gasteiger partial charge in [-0.1, -0.05) is 12.1 Å². The number of nitrogens with one attached hydrogen (secondary N) is 1. The van der Waals surface area contributed by atoms with Crippen LogP contribution in [0.4, 0.5) is 0 Å². The molecule has 0 aliphatic carbocycles. The Balaban J connectivity index is 1.44. The van der Waals surface area contributed by atoms with Crippen LogP contribution in [0.1, 0.15) is 5.69 Å². The maximum Gasteiger partial charge on any atom is 0.0890 e. The molecule has 112 valence electrons. The molecule has 3 rings (SSSR count). The highest BCUT2D eigenvalue weighted by molar-refractivity contribution is 5.73. The molecule has 1 aliphatic rings. The zero-order chi connectivity index (χ0) is 14.5. The van der Waals surface area contributed by atoms with Crippen LogP contribution in [-0.4, -0.2) is 66.1 Å². The number of fused-ring (bicyclic) bond motifs is 1. The Morgan fingerprint density at radius 2 is 1.86 bits per heavy atom. The van der Waals surface area contributed by atoms with E-state index in [-0.39, 0.29) is 0 Å². The molecule has 0 atom stereocenters. The Kier molecular flexibility index (Phi) is 4.75. The molecular formula is C16H23N5. The maximum absolute atomic E-state index is 4.62. The minimum atomic E-state index is 0.783. The predicted molar refractivity (Wildman–Crippen MR) is 85.2 cm³/mol. The molecule has 2 heterocycles. The van der Waals surface area contributed by atoms with Crippen LogP contribution in [0.25, 0.3) is 11.0 Å². The van der Waals surface area contributed by atoms with Gasteiger partial charge in [0.1, 0.15) is 0 Å². The van der Waals surface area contributed by atoms with E-state index < -0.39 is 0 Å². The SMILES string of the molecule is CN1CCN(CCNCc2cnc3ccccc3n2)CC1. The van der Waals surface area contributed by atoms with Crippen molar-refractivity contribution in [2.75, 3.05) is 46.3 Å². The van der Waals surface area contributed by atoms with Gasteiger partial charge in [-0.3, -0.25) is 9.88 Å². The van der Waals surface area contributed by atoms with E-state index in [1.165, 1.54) is 26.2 Å². The number of piperazine rings is 1. The Morgan fingerprint density at radius 3 is 2.67 bits per heavy atom. The molecule has 0 unspecified atom stereocenters. The van der Waals surface area contributed by atoms with Crippen molar-refractivity contribution in [1.29, 1.82) is 0 Å². The smallest absolute Gasteiger partial charge is 0.0890 e. The Hall–Kier alpha value is -1.56. The van der Waals surface area contributed by atoms with Crippen molar-refractivity contribution in [1.82, 2.24) is 25.1 Å². The number of para-hydroxylation sites is 2. The number of rotatable bonds is 5. The van der Waals surface area contributed by atoms with Gasteiger partial charge in [0.05, 0.1) is 22.9 Å². The monoisotopic (exact) mass is 285 g/mol. The summed E-state index contributed by atoms with van der Waals surface area (Å²) >= 11 is 0. The Labute approximate surface area is 126 Å². The van der Waals surface area contributed by atoms with Crippen LogP contribution in [0.5, 0.6) is 0 Å². The quantitative estimate of drug-likeness (QED) is 0.829. The van der Waals surface area contributed by atoms with Gasteiger partial charge >= 0.3 is 0 Å². The molecule has 21 heavy (non-hydrogen) atoms. The summed E-state index contributed by atoms with van der Waals surface area (Å²) in [7, 11) is 2.19. The predicted octanol–water partition coefficient (Wildman–Crippen LogP) is 0.967. The van der Waals surface area contributed by atoms with Gasteiger partial charge in [0, 0.05) is 45.8 Å². The zero-order valence-electron chi connectivity index (χ0n) is 12.6. The Morgan fingerprint density at radius 1 is 1.10 bits per heavy atom. The molecule has 1 fully saturated rings. The van der Waals surface area contributed by atoms with Crippen molar-refractivity contribution >= 4 is 11.0 Å². The molecule has 5 heteroatoms. The summed E-state index contributed by atoms with van der Waals surface area (Å²) < 4.78 is 0. The number of hydrogen-bond donors (Lipinski definition) is 1. The van der Waals surface area contributed by atoms with Crippen molar-refractivity contribution in [3.63, 3.8) is 0 Å². The van der Waals surface area contributed by atoms with Crippen LogP contribution < -0.4 is 5.32 Å². The summed E-state index contributed by atoms with van der Waals surface area (Å²) in [4.78, 5) is 14.0. The number of hydrogen-bond acceptors (Lipinski definition) is 5. The first-order chi connectivity index (χ1) is 10.3. The molecule has 1 saturated heterocycles. The molecule has 0 saturated carbocycles. The third-order valence-corrected chi connectivity index (χ3v) is 4.01. The van der Waals surface area contributed by atoms with E-state index in [1.807, 2.05) is 30.5 Å². The van der Waals surface area contributed by atoms with Gasteiger partial charge in [0.15, 0.2) is 0 Å². The molecule has 0 radical (unpaired) electrons. The average Bonchev–Trinajstić information content (AvgIpc) is 2.53. The van der Waals surface area contributed by atoms with Crippen LogP contribution in [0.2, 0.25) is 0 Å². The van der Waals surface area contributed by atoms with Crippen LogP contribution in [0, 0.1) is 0 Å². The van der Waals surface area contributed by atoms with E-state index in [0.29, 0.717) is 0 Å². The lowest BCUT2D eigenvalue weighted by atomic mass is 10.3. The summed E-state index contributed by atoms with van der Waals surface area (Å²) in [5.74, 6) is 0. The van der Waals surface area contributed by atoms with Crippen LogP contribution in [-0.2, 0) is 6.54 Å². The number of likely N-dealkylation sites (N-methyl/N-ethyl adjacent to an activating group) is 1. The maximum atomic E-state index is 4.62. The van der Waals surface area contributed by atoms with Crippen molar-refractivity contribution in [2.45, 2.75) is 6.54 Å². The van der Waals surface area contributed by atoms with Gasteiger partial charge in [-0.05, 0) is 19.2 Å². The second-order valence-corrected chi connectivity index (χ2v) is 5.67. The normalized spacial score (nSPS) is 17.4. The van der Waals surface area contributed by atoms with E-state index in [2.05, 4.69) is 32.1 Å². The fraction of sp³-hybridized carbons (Fsp3) is 0.500. The van der Waals surface area contributed by atoms with Gasteiger partial charge < -0.3 is 10.2 Å². The highest BCUT2D eigenvalue weighted by Gasteiger charge is 2.12. The van der Waals surface area contributed by atoms with Gasteiger partial charge in [0.2, 0.25) is 0 Å². The summed E-state index contributed by atoms with van der Waals surface area (Å²) in [6.45, 7) is 7.59. The summed E-state index contributed by atoms with van der Waals surface area (Å²) in [6.07, 6.45) is 1.87. The van der Waals surface area contributed by atoms with Crippen molar-refractivity contribution in [2.24, 2.45) is 0 Å². The molecular weight excluding hydrogens is 262 g/mol. The molecule has 5 nitrogen and oxygen atoms in total. The Bertz CT molecular complexity index is 578. The minimum absolute atomic E-state index is 0.783. The molecule has 2 aromatic rings. The van der Waals surface area contributed by atoms with Gasteiger partial charge in [-0.2, -0.15) is 0 Å². The van der Waals surface area contributed by atoms with Crippen LogP contribution >= 0.6 is 0 Å². The highest BCUT2D eigenvalue weighted by atomic mass is 15.2. The van der Waals surface area contributed by atoms with Gasteiger partial charge in [-0.25, -0.2) is 4.98 Å². The molecule has 0 bridgehead atoms. The lowest BCUT2D eigenvalue weighted by molar-refractivity contribution is 0.154. The number of benzene rings is 1. The molecule has 1 N–H and O–H groups in total. The standard InChI is InChI=1S/C16H23N5/c1-20-8-10-21(11-9-20)7-6-17-12-14-13-18-15-4-2-3-5-16(15)19-14/h2-5,13,17H,6-12H2,1H3. The van der Waals surface area contributed by atoms with Gasteiger partial charge in [-0.15, -0.1) is 0 Å². The fourth-order valence-corrected chi connectivity index (χ4v) is 2.61. The summed E-state index contributed by atoms with van der Waals surface area (Å²) in [5.41, 5.74) is 2.93. The van der Waals surface area contributed by atoms with E-state index in [0.717, 1.165) is 36.4 Å². The molecule has 1 aliphatic heterocycles. The first-order valence-electron chi connectivity index (χ1n) is 7.63. The third-order valence-electron chi connectivity index (χ3n) is 4.01. The fourth-order valence-electron chi connectivity index (χ4n) is 2.61. The van der Waals surface area contributed by atoms with E-state index >= 15 is 0 Å². The third kappa shape index (κ3) is 3.97. The van der Waals surface area contributed by atoms with Crippen LogP contribution in [0.15, 0.2) is 30.5 Å². The first kappa shape index (κ1) is 14.4. The van der Waals surface area contributed by atoms with E-state index in [1.54, 1.807) is 0 Å². The number of aromatic nitrogens is 2. The lowest BCUT2D eigenvalue weighted by Crippen LogP contribution is -2.46. The van der Waals surface area contributed by atoms with Crippen molar-refractivity contribution in [3.8, 4) is 0 Å². The molecule has 0 amide bonds. The number of nitrogens with zero attached hydrogens (tertiary/aromatic N) is 4. The van der Waals surface area contributed by atoms with E-state index in [9.17, 15) is 0 Å². The molecule has 0 spiro atoms. The summed E-state index contributed by atoms with van der Waals surface area (Å²) in [6, 6.07) is 8.00. The lowest BCUT2D eigenvalue weighted by Gasteiger charge is -2.32. The van der Waals surface area contributed by atoms with Crippen molar-refractivity contribution < 1.29 is 0 Å². The second kappa shape index (κ2) is 6.93. The molecule has 1 aromatic carbocycles. The van der Waals surface area contributed by atoms with Crippen molar-refractivity contribution in [3.05, 3.63) is 36.2 Å².